The average molecular weight is 301 g/mol. The first-order chi connectivity index (χ1) is 6.74. The number of benzene rings is 1. The minimum atomic E-state index is 0.208. The van der Waals surface area contributed by atoms with Gasteiger partial charge in [-0.25, -0.2) is 0 Å². The van der Waals surface area contributed by atoms with Gasteiger partial charge in [0.05, 0.1) is 5.52 Å². The molecule has 0 aliphatic carbocycles. The van der Waals surface area contributed by atoms with Gasteiger partial charge in [-0.2, -0.15) is 0 Å². The summed E-state index contributed by atoms with van der Waals surface area (Å²) in [5, 5.41) is 10.2. The van der Waals surface area contributed by atoms with Crippen LogP contribution in [0.5, 0.6) is 0 Å². The molecule has 3 heteroatoms. The van der Waals surface area contributed by atoms with E-state index in [1.54, 1.807) is 0 Å². The molecule has 0 bridgehead atoms. The van der Waals surface area contributed by atoms with E-state index in [0.717, 1.165) is 12.1 Å². The Labute approximate surface area is 96.5 Å². The van der Waals surface area contributed by atoms with Crippen LogP contribution >= 0.6 is 22.6 Å². The molecule has 2 N–H and O–H groups in total. The van der Waals surface area contributed by atoms with Gasteiger partial charge in [0.2, 0.25) is 0 Å². The Balaban J connectivity index is 2.70. The molecule has 2 aromatic rings. The zero-order valence-corrected chi connectivity index (χ0v) is 10.1. The molecule has 0 unspecified atom stereocenters. The molecule has 14 heavy (non-hydrogen) atoms. The fraction of sp³-hybridized carbons (Fsp3) is 0.273. The van der Waals surface area contributed by atoms with E-state index in [-0.39, 0.29) is 6.61 Å². The normalized spacial score (nSPS) is 11.1. The lowest BCUT2D eigenvalue weighted by Crippen LogP contribution is -1.91. The molecule has 74 valence electrons. The van der Waals surface area contributed by atoms with Crippen molar-refractivity contribution in [2.45, 2.75) is 13.3 Å². The number of rotatable bonds is 2. The first-order valence-corrected chi connectivity index (χ1v) is 5.68. The molecule has 1 aromatic heterocycles. The van der Waals surface area contributed by atoms with Crippen LogP contribution in [0.2, 0.25) is 0 Å². The molecule has 0 spiro atoms. The molecular formula is C11H12INO. The highest BCUT2D eigenvalue weighted by atomic mass is 127. The van der Waals surface area contributed by atoms with Crippen LogP contribution < -0.4 is 0 Å². The monoisotopic (exact) mass is 301 g/mol. The number of hydrogen-bond donors (Lipinski definition) is 2. The highest BCUT2D eigenvalue weighted by molar-refractivity contribution is 14.1. The second kappa shape index (κ2) is 3.90. The number of aromatic nitrogens is 1. The van der Waals surface area contributed by atoms with Crippen molar-refractivity contribution in [2.24, 2.45) is 0 Å². The second-order valence-electron chi connectivity index (χ2n) is 3.36. The SMILES string of the molecule is Cc1[nH]c2c(I)cccc2c1CCO. The van der Waals surface area contributed by atoms with Gasteiger partial charge >= 0.3 is 0 Å². The zero-order chi connectivity index (χ0) is 10.1. The summed E-state index contributed by atoms with van der Waals surface area (Å²) in [7, 11) is 0. The number of para-hydroxylation sites is 1. The van der Waals surface area contributed by atoms with Gasteiger partial charge in [-0.05, 0) is 47.6 Å². The number of aromatic amines is 1. The summed E-state index contributed by atoms with van der Waals surface area (Å²) >= 11 is 2.32. The van der Waals surface area contributed by atoms with Gasteiger partial charge in [-0.1, -0.05) is 12.1 Å². The molecule has 0 radical (unpaired) electrons. The Bertz CT molecular complexity index is 462. The van der Waals surface area contributed by atoms with Crippen molar-refractivity contribution in [1.82, 2.24) is 4.98 Å². The number of fused-ring (bicyclic) bond motifs is 1. The average Bonchev–Trinajstić information content (AvgIpc) is 2.47. The molecular weight excluding hydrogens is 289 g/mol. The number of aliphatic hydroxyl groups is 1. The lowest BCUT2D eigenvalue weighted by Gasteiger charge is -1.97. The van der Waals surface area contributed by atoms with Gasteiger partial charge in [0, 0.05) is 21.3 Å². The fourth-order valence-electron chi connectivity index (χ4n) is 1.80. The summed E-state index contributed by atoms with van der Waals surface area (Å²) in [6, 6.07) is 6.24. The summed E-state index contributed by atoms with van der Waals surface area (Å²) < 4.78 is 1.23. The maximum atomic E-state index is 8.98. The van der Waals surface area contributed by atoms with Gasteiger partial charge in [-0.15, -0.1) is 0 Å². The summed E-state index contributed by atoms with van der Waals surface area (Å²) in [6.45, 7) is 2.26. The van der Waals surface area contributed by atoms with Gasteiger partial charge in [0.25, 0.3) is 0 Å². The Kier molecular flexibility index (Phi) is 2.78. The minimum Gasteiger partial charge on any atom is -0.396 e. The van der Waals surface area contributed by atoms with Gasteiger partial charge in [-0.3, -0.25) is 0 Å². The molecule has 1 heterocycles. The summed E-state index contributed by atoms with van der Waals surface area (Å²) in [5.41, 5.74) is 3.59. The molecule has 0 aliphatic rings. The number of nitrogens with one attached hydrogen (secondary N) is 1. The summed E-state index contributed by atoms with van der Waals surface area (Å²) in [5.74, 6) is 0. The third-order valence-corrected chi connectivity index (χ3v) is 3.36. The molecule has 0 aliphatic heterocycles. The number of H-pyrrole nitrogens is 1. The second-order valence-corrected chi connectivity index (χ2v) is 4.53. The van der Waals surface area contributed by atoms with Crippen LogP contribution in [0, 0.1) is 10.5 Å². The van der Waals surface area contributed by atoms with E-state index < -0.39 is 0 Å². The van der Waals surface area contributed by atoms with Gasteiger partial charge < -0.3 is 10.1 Å². The van der Waals surface area contributed by atoms with Gasteiger partial charge in [0.1, 0.15) is 0 Å². The Hall–Kier alpha value is -0.550. The van der Waals surface area contributed by atoms with E-state index in [1.165, 1.54) is 20.0 Å². The summed E-state index contributed by atoms with van der Waals surface area (Å²) in [4.78, 5) is 3.36. The molecule has 0 atom stereocenters. The standard InChI is InChI=1S/C11H12INO/c1-7-8(5-6-14)9-3-2-4-10(12)11(9)13-7/h2-4,13-14H,5-6H2,1H3. The van der Waals surface area contributed by atoms with Crippen LogP contribution in [0.1, 0.15) is 11.3 Å². The van der Waals surface area contributed by atoms with Crippen molar-refractivity contribution in [1.29, 1.82) is 0 Å². The third-order valence-electron chi connectivity index (χ3n) is 2.47. The zero-order valence-electron chi connectivity index (χ0n) is 7.97. The first kappa shape index (κ1) is 9.98. The maximum Gasteiger partial charge on any atom is 0.0594 e. The maximum absolute atomic E-state index is 8.98. The molecule has 0 fully saturated rings. The van der Waals surface area contributed by atoms with Crippen LogP contribution in [0.3, 0.4) is 0 Å². The van der Waals surface area contributed by atoms with Crippen molar-refractivity contribution in [3.8, 4) is 0 Å². The van der Waals surface area contributed by atoms with Crippen molar-refractivity contribution in [3.05, 3.63) is 33.0 Å². The molecule has 0 saturated heterocycles. The first-order valence-electron chi connectivity index (χ1n) is 4.60. The topological polar surface area (TPSA) is 36.0 Å². The number of aryl methyl sites for hydroxylation is 1. The third kappa shape index (κ3) is 1.54. The Morgan fingerprint density at radius 2 is 2.21 bits per heavy atom. The van der Waals surface area contributed by atoms with E-state index in [4.69, 9.17) is 5.11 Å². The summed E-state index contributed by atoms with van der Waals surface area (Å²) in [6.07, 6.45) is 0.728. The highest BCUT2D eigenvalue weighted by Gasteiger charge is 2.08. The largest absolute Gasteiger partial charge is 0.396 e. The number of halogens is 1. The highest BCUT2D eigenvalue weighted by Crippen LogP contribution is 2.25. The van der Waals surface area contributed by atoms with E-state index in [2.05, 4.69) is 52.7 Å². The molecule has 2 nitrogen and oxygen atoms in total. The molecule has 0 amide bonds. The van der Waals surface area contributed by atoms with Crippen molar-refractivity contribution in [3.63, 3.8) is 0 Å². The predicted octanol–water partition coefficient (Wildman–Crippen LogP) is 2.62. The van der Waals surface area contributed by atoms with Crippen LogP contribution in [0.25, 0.3) is 10.9 Å². The minimum absolute atomic E-state index is 0.208. The van der Waals surface area contributed by atoms with Crippen LogP contribution in [-0.2, 0) is 6.42 Å². The van der Waals surface area contributed by atoms with Crippen LogP contribution in [0.4, 0.5) is 0 Å². The predicted molar refractivity (Wildman–Crippen MR) is 66.5 cm³/mol. The smallest absolute Gasteiger partial charge is 0.0594 e. The van der Waals surface area contributed by atoms with Crippen LogP contribution in [-0.4, -0.2) is 16.7 Å². The molecule has 2 rings (SSSR count). The van der Waals surface area contributed by atoms with E-state index in [1.807, 2.05) is 0 Å². The van der Waals surface area contributed by atoms with Crippen molar-refractivity contribution < 1.29 is 5.11 Å². The van der Waals surface area contributed by atoms with Gasteiger partial charge in [0.15, 0.2) is 0 Å². The molecule has 0 saturated carbocycles. The molecule has 1 aromatic carbocycles. The lowest BCUT2D eigenvalue weighted by molar-refractivity contribution is 0.300. The Morgan fingerprint density at radius 1 is 1.43 bits per heavy atom. The Morgan fingerprint density at radius 3 is 2.93 bits per heavy atom. The van der Waals surface area contributed by atoms with E-state index in [0.29, 0.717) is 0 Å². The van der Waals surface area contributed by atoms with Crippen molar-refractivity contribution >= 4 is 33.5 Å². The van der Waals surface area contributed by atoms with Crippen molar-refractivity contribution in [2.75, 3.05) is 6.61 Å². The van der Waals surface area contributed by atoms with E-state index >= 15 is 0 Å². The van der Waals surface area contributed by atoms with E-state index in [9.17, 15) is 0 Å². The van der Waals surface area contributed by atoms with Crippen LogP contribution in [0.15, 0.2) is 18.2 Å². The number of aliphatic hydroxyl groups excluding tert-OH is 1. The fourth-order valence-corrected chi connectivity index (χ4v) is 2.43. The quantitative estimate of drug-likeness (QED) is 0.822. The lowest BCUT2D eigenvalue weighted by atomic mass is 10.1. The number of hydrogen-bond acceptors (Lipinski definition) is 1.